The molecular formula is C31H30F2N10O3. The maximum absolute atomic E-state index is 13.5. The standard InChI is InChI=1S/C31H30F2N10O3/c32-30(33)43-38-27(37-39-43)26(20-6-2-1-3-7-20)40-14-16-41(17-15-40)29(44)24-18-21(10-11-34-24)28-36-23-19-22(8-9-25(23)46-28)35-31(45)42-12-4-5-13-42/h1-3,6-11,18-19,26,30H,4-5,12-17H2,(H,35,45). The van der Waals surface area contributed by atoms with Crippen molar-refractivity contribution in [1.82, 2.24) is 44.9 Å². The number of benzene rings is 2. The maximum Gasteiger partial charge on any atom is 0.350 e. The molecule has 5 heterocycles. The molecule has 2 fully saturated rings. The van der Waals surface area contributed by atoms with Gasteiger partial charge >= 0.3 is 12.6 Å². The number of urea groups is 1. The van der Waals surface area contributed by atoms with Gasteiger partial charge in [-0.05, 0) is 54.0 Å². The minimum atomic E-state index is -2.89. The van der Waals surface area contributed by atoms with Gasteiger partial charge in [0.15, 0.2) is 11.4 Å². The van der Waals surface area contributed by atoms with Crippen molar-refractivity contribution in [1.29, 1.82) is 0 Å². The molecular weight excluding hydrogens is 598 g/mol. The number of rotatable bonds is 7. The molecule has 2 saturated heterocycles. The smallest absolute Gasteiger partial charge is 0.350 e. The van der Waals surface area contributed by atoms with Crippen LogP contribution in [0.15, 0.2) is 71.3 Å². The van der Waals surface area contributed by atoms with Gasteiger partial charge in [0.1, 0.15) is 11.2 Å². The van der Waals surface area contributed by atoms with Gasteiger partial charge in [-0.15, -0.1) is 10.2 Å². The summed E-state index contributed by atoms with van der Waals surface area (Å²) in [7, 11) is 0. The van der Waals surface area contributed by atoms with Crippen molar-refractivity contribution >= 4 is 28.7 Å². The van der Waals surface area contributed by atoms with Gasteiger partial charge in [-0.3, -0.25) is 14.7 Å². The molecule has 1 N–H and O–H groups in total. The summed E-state index contributed by atoms with van der Waals surface area (Å²) in [5.74, 6) is 0.247. The zero-order valence-electron chi connectivity index (χ0n) is 24.7. The molecule has 15 heteroatoms. The van der Waals surface area contributed by atoms with Crippen LogP contribution in [0.1, 0.15) is 47.3 Å². The van der Waals surface area contributed by atoms with E-state index in [1.165, 1.54) is 0 Å². The Morgan fingerprint density at radius 3 is 2.41 bits per heavy atom. The third kappa shape index (κ3) is 6.00. The molecule has 0 aliphatic carbocycles. The van der Waals surface area contributed by atoms with Crippen LogP contribution < -0.4 is 5.32 Å². The molecule has 0 radical (unpaired) electrons. The average Bonchev–Trinajstić information content (AvgIpc) is 3.87. The lowest BCUT2D eigenvalue weighted by atomic mass is 10.0. The molecule has 7 rings (SSSR count). The molecule has 0 spiro atoms. The molecule has 1 atom stereocenters. The van der Waals surface area contributed by atoms with Crippen molar-refractivity contribution < 1.29 is 22.8 Å². The number of hydrogen-bond donors (Lipinski definition) is 1. The van der Waals surface area contributed by atoms with Crippen molar-refractivity contribution in [3.8, 4) is 11.5 Å². The highest BCUT2D eigenvalue weighted by molar-refractivity contribution is 5.94. The molecule has 46 heavy (non-hydrogen) atoms. The predicted octanol–water partition coefficient (Wildman–Crippen LogP) is 4.45. The van der Waals surface area contributed by atoms with Crippen molar-refractivity contribution in [2.75, 3.05) is 44.6 Å². The van der Waals surface area contributed by atoms with Crippen LogP contribution in [0, 0.1) is 0 Å². The highest BCUT2D eigenvalue weighted by Gasteiger charge is 2.32. The molecule has 236 valence electrons. The number of carbonyl (C=O) groups excluding carboxylic acids is 2. The van der Waals surface area contributed by atoms with E-state index in [9.17, 15) is 18.4 Å². The fraction of sp³-hybridized carbons (Fsp3) is 0.323. The van der Waals surface area contributed by atoms with Crippen LogP contribution in [0.2, 0.25) is 0 Å². The Bertz CT molecular complexity index is 1850. The molecule has 13 nitrogen and oxygen atoms in total. The number of piperazine rings is 1. The zero-order chi connectivity index (χ0) is 31.6. The molecule has 3 amide bonds. The number of oxazole rings is 1. The van der Waals surface area contributed by atoms with Crippen LogP contribution >= 0.6 is 0 Å². The SMILES string of the molecule is O=C(Nc1ccc2oc(-c3ccnc(C(=O)N4CCN(C(c5ccccc5)c5nnn(C(F)F)n5)CC4)c3)nc2c1)N1CCCC1. The molecule has 2 aliphatic rings. The number of halogens is 2. The summed E-state index contributed by atoms with van der Waals surface area (Å²) >= 11 is 0. The molecule has 2 aliphatic heterocycles. The van der Waals surface area contributed by atoms with Crippen LogP contribution in [0.3, 0.4) is 0 Å². The lowest BCUT2D eigenvalue weighted by Crippen LogP contribution is -2.50. The zero-order valence-corrected chi connectivity index (χ0v) is 24.7. The number of likely N-dealkylation sites (tertiary alicyclic amines) is 1. The molecule has 0 saturated carbocycles. The summed E-state index contributed by atoms with van der Waals surface area (Å²) in [6.07, 6.45) is 3.56. The Balaban J connectivity index is 1.04. The van der Waals surface area contributed by atoms with E-state index in [1.807, 2.05) is 30.3 Å². The number of anilines is 1. The Morgan fingerprint density at radius 1 is 0.891 bits per heavy atom. The first-order valence-electron chi connectivity index (χ1n) is 15.0. The monoisotopic (exact) mass is 628 g/mol. The van der Waals surface area contributed by atoms with Crippen molar-refractivity contribution in [3.63, 3.8) is 0 Å². The quantitative estimate of drug-likeness (QED) is 0.277. The normalized spacial score (nSPS) is 16.3. The number of pyridine rings is 1. The van der Waals surface area contributed by atoms with Crippen LogP contribution in [0.25, 0.3) is 22.6 Å². The number of fused-ring (bicyclic) bond motifs is 1. The third-order valence-corrected chi connectivity index (χ3v) is 8.20. The van der Waals surface area contributed by atoms with E-state index in [0.717, 1.165) is 31.5 Å². The van der Waals surface area contributed by atoms with Gasteiger partial charge in [0.05, 0.1) is 6.04 Å². The fourth-order valence-corrected chi connectivity index (χ4v) is 5.86. The maximum atomic E-state index is 13.5. The molecule has 1 unspecified atom stereocenters. The summed E-state index contributed by atoms with van der Waals surface area (Å²) in [4.78, 5) is 40.8. The lowest BCUT2D eigenvalue weighted by molar-refractivity contribution is 0.0385. The summed E-state index contributed by atoms with van der Waals surface area (Å²) in [5, 5.41) is 14.3. The number of amides is 3. The van der Waals surface area contributed by atoms with E-state index in [0.29, 0.717) is 59.2 Å². The number of aromatic nitrogens is 6. The third-order valence-electron chi connectivity index (χ3n) is 8.20. The van der Waals surface area contributed by atoms with Gasteiger partial charge < -0.3 is 19.5 Å². The summed E-state index contributed by atoms with van der Waals surface area (Å²) < 4.78 is 32.4. The second-order valence-electron chi connectivity index (χ2n) is 11.1. The number of alkyl halides is 2. The van der Waals surface area contributed by atoms with E-state index in [1.54, 1.807) is 46.3 Å². The van der Waals surface area contributed by atoms with E-state index in [2.05, 4.69) is 35.6 Å². The van der Waals surface area contributed by atoms with E-state index in [4.69, 9.17) is 4.42 Å². The van der Waals surface area contributed by atoms with Crippen LogP contribution in [-0.4, -0.2) is 96.1 Å². The highest BCUT2D eigenvalue weighted by atomic mass is 19.3. The van der Waals surface area contributed by atoms with Gasteiger partial charge in [-0.1, -0.05) is 35.1 Å². The van der Waals surface area contributed by atoms with Gasteiger partial charge in [-0.25, -0.2) is 9.78 Å². The number of tetrazole rings is 1. The van der Waals surface area contributed by atoms with Crippen molar-refractivity contribution in [2.24, 2.45) is 0 Å². The molecule has 0 bridgehead atoms. The van der Waals surface area contributed by atoms with Crippen molar-refractivity contribution in [3.05, 3.63) is 83.9 Å². The van der Waals surface area contributed by atoms with Gasteiger partial charge in [0.2, 0.25) is 5.89 Å². The minimum Gasteiger partial charge on any atom is -0.436 e. The first kappa shape index (κ1) is 29.4. The lowest BCUT2D eigenvalue weighted by Gasteiger charge is -2.38. The minimum absolute atomic E-state index is 0.134. The summed E-state index contributed by atoms with van der Waals surface area (Å²) in [6, 6.07) is 17.4. The Kier molecular flexibility index (Phi) is 8.05. The fourth-order valence-electron chi connectivity index (χ4n) is 5.86. The predicted molar refractivity (Wildman–Crippen MR) is 162 cm³/mol. The van der Waals surface area contributed by atoms with Crippen LogP contribution in [0.5, 0.6) is 0 Å². The molecule has 5 aromatic rings. The van der Waals surface area contributed by atoms with E-state index >= 15 is 0 Å². The largest absolute Gasteiger partial charge is 0.436 e. The second-order valence-corrected chi connectivity index (χ2v) is 11.1. The number of hydrogen-bond acceptors (Lipinski definition) is 9. The van der Waals surface area contributed by atoms with Crippen LogP contribution in [0.4, 0.5) is 19.3 Å². The number of nitrogens with zero attached hydrogens (tertiary/aromatic N) is 9. The first-order valence-corrected chi connectivity index (χ1v) is 15.0. The Morgan fingerprint density at radius 2 is 1.67 bits per heavy atom. The summed E-state index contributed by atoms with van der Waals surface area (Å²) in [5.41, 5.74) is 3.42. The van der Waals surface area contributed by atoms with E-state index in [-0.39, 0.29) is 23.5 Å². The molecule has 3 aromatic heterocycles. The van der Waals surface area contributed by atoms with Gasteiger partial charge in [0.25, 0.3) is 5.91 Å². The second kappa shape index (κ2) is 12.6. The van der Waals surface area contributed by atoms with Gasteiger partial charge in [-0.2, -0.15) is 8.78 Å². The van der Waals surface area contributed by atoms with Crippen LogP contribution in [-0.2, 0) is 0 Å². The molecule has 2 aromatic carbocycles. The van der Waals surface area contributed by atoms with Crippen molar-refractivity contribution in [2.45, 2.75) is 25.4 Å². The topological polar surface area (TPSA) is 138 Å². The van der Waals surface area contributed by atoms with E-state index < -0.39 is 12.6 Å². The Labute approximate surface area is 261 Å². The first-order chi connectivity index (χ1) is 22.4. The number of nitrogens with one attached hydrogen (secondary N) is 1. The average molecular weight is 629 g/mol. The summed E-state index contributed by atoms with van der Waals surface area (Å²) in [6.45, 7) is 0.277. The highest BCUT2D eigenvalue weighted by Crippen LogP contribution is 2.29. The van der Waals surface area contributed by atoms with Gasteiger partial charge in [0, 0.05) is 56.7 Å². The number of carbonyl (C=O) groups is 2. The Hall–Kier alpha value is -5.31.